The summed E-state index contributed by atoms with van der Waals surface area (Å²) < 4.78 is 46.4. The van der Waals surface area contributed by atoms with Gasteiger partial charge >= 0.3 is 19.8 Å². The van der Waals surface area contributed by atoms with E-state index < -0.39 is 32.5 Å². The molecule has 12 heteroatoms. The van der Waals surface area contributed by atoms with E-state index in [1.807, 2.05) is 21.1 Å². The maximum Gasteiger partial charge on any atom is 0.472 e. The van der Waals surface area contributed by atoms with Gasteiger partial charge in [-0.3, -0.25) is 18.6 Å². The Balaban J connectivity index is 1.61. The first-order valence-electron chi connectivity index (χ1n) is 23.9. The van der Waals surface area contributed by atoms with Gasteiger partial charge in [0.2, 0.25) is 0 Å². The maximum absolute atomic E-state index is 12.8. The summed E-state index contributed by atoms with van der Waals surface area (Å²) in [4.78, 5) is 35.6. The molecule has 0 bridgehead atoms. The fraction of sp³-hybridized carbons (Fsp3) is 0.833. The van der Waals surface area contributed by atoms with Gasteiger partial charge in [-0.1, -0.05) is 116 Å². The largest absolute Gasteiger partial charge is 0.472 e. The molecular weight excluding hydrogens is 781 g/mol. The average molecular weight is 869 g/mol. The Morgan fingerprint density at radius 1 is 0.700 bits per heavy atom. The van der Waals surface area contributed by atoms with Crippen LogP contribution in [-0.4, -0.2) is 87.1 Å². The van der Waals surface area contributed by atoms with Crippen LogP contribution >= 0.6 is 7.82 Å². The number of phosphoric ester groups is 1. The third kappa shape index (κ3) is 27.1. The molecule has 2 heterocycles. The highest BCUT2D eigenvalue weighted by molar-refractivity contribution is 7.47. The fourth-order valence-electron chi connectivity index (χ4n) is 7.26. The Morgan fingerprint density at radius 3 is 1.87 bits per heavy atom. The molecule has 1 N–H and O–H groups in total. The number of ether oxygens (including phenoxy) is 3. The van der Waals surface area contributed by atoms with Crippen LogP contribution in [0.3, 0.4) is 0 Å². The lowest BCUT2D eigenvalue weighted by molar-refractivity contribution is -0.870. The quantitative estimate of drug-likeness (QED) is 0.0170. The van der Waals surface area contributed by atoms with Gasteiger partial charge in [-0.15, -0.1) is 0 Å². The molecule has 348 valence electrons. The highest BCUT2D eigenvalue weighted by Crippen LogP contribution is 2.43. The number of furan rings is 1. The minimum atomic E-state index is -4.40. The van der Waals surface area contributed by atoms with Gasteiger partial charge in [0, 0.05) is 25.7 Å². The minimum absolute atomic E-state index is 0.0211. The first-order chi connectivity index (χ1) is 28.7. The molecule has 0 spiro atoms. The van der Waals surface area contributed by atoms with Crippen molar-refractivity contribution in [2.45, 2.75) is 213 Å². The van der Waals surface area contributed by atoms with E-state index in [0.717, 1.165) is 82.8 Å². The zero-order chi connectivity index (χ0) is 44.1. The number of hydrogen-bond acceptors (Lipinski definition) is 9. The van der Waals surface area contributed by atoms with E-state index in [4.69, 9.17) is 27.7 Å². The molecule has 0 radical (unpaired) electrons. The highest BCUT2D eigenvalue weighted by atomic mass is 31.2. The molecule has 4 atom stereocenters. The van der Waals surface area contributed by atoms with Gasteiger partial charge in [0.05, 0.1) is 40.0 Å². The summed E-state index contributed by atoms with van der Waals surface area (Å²) in [6.45, 7) is 8.69. The number of quaternary nitrogens is 1. The molecule has 1 aliphatic rings. The van der Waals surface area contributed by atoms with E-state index in [2.05, 4.69) is 39.8 Å². The second-order valence-electron chi connectivity index (χ2n) is 18.1. The second-order valence-corrected chi connectivity index (χ2v) is 19.6. The summed E-state index contributed by atoms with van der Waals surface area (Å²) in [7, 11) is 1.44. The molecule has 0 amide bonds. The normalized spacial score (nSPS) is 16.9. The fourth-order valence-corrected chi connectivity index (χ4v) is 8.00. The summed E-state index contributed by atoms with van der Waals surface area (Å²) >= 11 is 0. The third-order valence-corrected chi connectivity index (χ3v) is 12.4. The van der Waals surface area contributed by atoms with Gasteiger partial charge in [-0.2, -0.15) is 0 Å². The molecule has 3 unspecified atom stereocenters. The van der Waals surface area contributed by atoms with Crippen LogP contribution in [0.2, 0.25) is 0 Å². The predicted octanol–water partition coefficient (Wildman–Crippen LogP) is 12.0. The van der Waals surface area contributed by atoms with Gasteiger partial charge in [-0.05, 0) is 76.3 Å². The third-order valence-electron chi connectivity index (χ3n) is 11.4. The molecule has 1 aromatic rings. The van der Waals surface area contributed by atoms with Crippen LogP contribution in [0, 0.1) is 13.8 Å². The number of allylic oxidation sites excluding steroid dienone is 1. The summed E-state index contributed by atoms with van der Waals surface area (Å²) in [5, 5.41) is 0. The monoisotopic (exact) mass is 869 g/mol. The number of hydrogen-bond donors (Lipinski definition) is 1. The van der Waals surface area contributed by atoms with Crippen molar-refractivity contribution in [2.75, 3.05) is 47.5 Å². The number of likely N-dealkylation sites (N-methyl/N-ethyl adjacent to an activating group) is 1. The van der Waals surface area contributed by atoms with Crippen LogP contribution in [0.1, 0.15) is 191 Å². The summed E-state index contributed by atoms with van der Waals surface area (Å²) in [5.41, 5.74) is 2.66. The van der Waals surface area contributed by atoms with Gasteiger partial charge in [0.15, 0.2) is 6.10 Å². The molecule has 0 saturated carbocycles. The van der Waals surface area contributed by atoms with Crippen molar-refractivity contribution in [1.29, 1.82) is 0 Å². The van der Waals surface area contributed by atoms with Crippen LogP contribution in [0.15, 0.2) is 16.6 Å². The Labute approximate surface area is 365 Å². The lowest BCUT2D eigenvalue weighted by atomic mass is 10.0. The molecule has 60 heavy (non-hydrogen) atoms. The van der Waals surface area contributed by atoms with Crippen LogP contribution in [0.4, 0.5) is 0 Å². The van der Waals surface area contributed by atoms with Crippen molar-refractivity contribution in [3.05, 3.63) is 34.8 Å². The van der Waals surface area contributed by atoms with E-state index >= 15 is 0 Å². The van der Waals surface area contributed by atoms with Gasteiger partial charge in [-0.25, -0.2) is 4.57 Å². The minimum Gasteiger partial charge on any atom is -0.466 e. The Kier molecular flexibility index (Phi) is 28.7. The highest BCUT2D eigenvalue weighted by Gasteiger charge is 2.36. The molecule has 1 aromatic heterocycles. The number of nitrogens with zero attached hydrogens (tertiary/aromatic N) is 1. The first-order valence-corrected chi connectivity index (χ1v) is 25.4. The summed E-state index contributed by atoms with van der Waals surface area (Å²) in [5.74, 6) is 1.50. The predicted molar refractivity (Wildman–Crippen MR) is 241 cm³/mol. The van der Waals surface area contributed by atoms with Crippen molar-refractivity contribution >= 4 is 19.8 Å². The first kappa shape index (κ1) is 54.1. The molecule has 1 aliphatic heterocycles. The van der Waals surface area contributed by atoms with Crippen LogP contribution in [-0.2, 0) is 50.3 Å². The standard InChI is InChI=1S/C48H86NO10P/c1-8-10-24-30-43-40(3)41(4)44(58-43)31-26-20-16-12-15-19-23-29-35-48(51)57-42(39-56-60(52,53)55-37-36-49(5,6)7)38-54-47(50)34-28-22-18-14-13-17-21-27-33-46-45(59-46)32-25-11-9-2/h21,27,42,45-46H,8-20,22-26,28-39H2,1-7H3/p+1/b27-21-/t42-,45?,46?/m1/s1. The average Bonchev–Trinajstić information content (AvgIpc) is 3.89. The number of rotatable bonds is 39. The number of unbranched alkanes of at least 4 members (excludes halogenated alkanes) is 16. The van der Waals surface area contributed by atoms with Crippen molar-refractivity contribution < 1.29 is 51.2 Å². The molecule has 2 rings (SSSR count). The number of phosphoric acid groups is 1. The lowest BCUT2D eigenvalue weighted by Gasteiger charge is -2.24. The van der Waals surface area contributed by atoms with E-state index in [-0.39, 0.29) is 26.1 Å². The Morgan fingerprint density at radius 2 is 1.25 bits per heavy atom. The molecule has 0 aromatic carbocycles. The topological polar surface area (TPSA) is 134 Å². The van der Waals surface area contributed by atoms with E-state index in [1.54, 1.807) is 0 Å². The SMILES string of the molecule is CCCCCc1oc(CCCCCCCCCCC(=O)O[C@H](COC(=O)CCCCCCC/C=C\CC2OC2CCCCC)COP(=O)(O)OCC[N+](C)(C)C)c(C)c1C. The van der Waals surface area contributed by atoms with E-state index in [0.29, 0.717) is 36.1 Å². The van der Waals surface area contributed by atoms with Crippen LogP contribution < -0.4 is 0 Å². The van der Waals surface area contributed by atoms with E-state index in [1.165, 1.54) is 81.1 Å². The smallest absolute Gasteiger partial charge is 0.466 e. The van der Waals surface area contributed by atoms with Gasteiger partial charge in [0.1, 0.15) is 31.3 Å². The number of carbonyl (C=O) groups is 2. The second kappa shape index (κ2) is 31.8. The molecular formula is C48H87NO10P+. The molecule has 0 aliphatic carbocycles. The number of aryl methyl sites for hydroxylation is 2. The van der Waals surface area contributed by atoms with Gasteiger partial charge < -0.3 is 28.0 Å². The summed E-state index contributed by atoms with van der Waals surface area (Å²) in [6, 6.07) is 0. The van der Waals surface area contributed by atoms with Crippen LogP contribution in [0.5, 0.6) is 0 Å². The van der Waals surface area contributed by atoms with E-state index in [9.17, 15) is 19.0 Å². The lowest BCUT2D eigenvalue weighted by Crippen LogP contribution is -2.37. The number of epoxide rings is 1. The van der Waals surface area contributed by atoms with Crippen molar-refractivity contribution in [3.63, 3.8) is 0 Å². The zero-order valence-electron chi connectivity index (χ0n) is 39.1. The molecule has 11 nitrogen and oxygen atoms in total. The molecule has 1 fully saturated rings. The zero-order valence-corrected chi connectivity index (χ0v) is 40.0. The Hall–Kier alpha value is -2.01. The van der Waals surface area contributed by atoms with Crippen molar-refractivity contribution in [3.8, 4) is 0 Å². The summed E-state index contributed by atoms with van der Waals surface area (Å²) in [6.07, 6.45) is 31.0. The maximum atomic E-state index is 12.8. The van der Waals surface area contributed by atoms with Gasteiger partial charge in [0.25, 0.3) is 0 Å². The Bertz CT molecular complexity index is 1370. The number of esters is 2. The van der Waals surface area contributed by atoms with Crippen LogP contribution in [0.25, 0.3) is 0 Å². The number of carbonyl (C=O) groups excluding carboxylic acids is 2. The van der Waals surface area contributed by atoms with Crippen molar-refractivity contribution in [1.82, 2.24) is 0 Å². The van der Waals surface area contributed by atoms with Crippen molar-refractivity contribution in [2.24, 2.45) is 0 Å². The molecule has 1 saturated heterocycles.